The van der Waals surface area contributed by atoms with E-state index in [1.165, 1.54) is 18.4 Å². The van der Waals surface area contributed by atoms with E-state index in [0.29, 0.717) is 6.54 Å². The predicted octanol–water partition coefficient (Wildman–Crippen LogP) is 1.88. The van der Waals surface area contributed by atoms with Gasteiger partial charge in [-0.05, 0) is 30.5 Å². The smallest absolute Gasteiger partial charge is 0.0436 e. The number of halogens is 1. The second-order valence-electron chi connectivity index (χ2n) is 3.80. The highest BCUT2D eigenvalue weighted by Crippen LogP contribution is 2.45. The lowest BCUT2D eigenvalue weighted by atomic mass is 10.1. The van der Waals surface area contributed by atoms with Crippen LogP contribution in [0.1, 0.15) is 18.4 Å². The van der Waals surface area contributed by atoms with Crippen molar-refractivity contribution in [1.29, 1.82) is 0 Å². The van der Waals surface area contributed by atoms with Gasteiger partial charge in [-0.15, -0.1) is 0 Å². The maximum absolute atomic E-state index is 5.85. The van der Waals surface area contributed by atoms with E-state index in [1.807, 2.05) is 12.1 Å². The minimum atomic E-state index is 0.198. The molecule has 76 valence electrons. The summed E-state index contributed by atoms with van der Waals surface area (Å²) in [5.74, 6) is 0. The molecule has 0 bridgehead atoms. The van der Waals surface area contributed by atoms with Gasteiger partial charge in [0.2, 0.25) is 0 Å². The first kappa shape index (κ1) is 9.97. The van der Waals surface area contributed by atoms with Crippen molar-refractivity contribution in [3.05, 3.63) is 34.9 Å². The highest BCUT2D eigenvalue weighted by molar-refractivity contribution is 6.30. The SMILES string of the molecule is NCCNC1(c2ccc(Cl)cc2)CC1. The van der Waals surface area contributed by atoms with E-state index in [0.717, 1.165) is 11.6 Å². The summed E-state index contributed by atoms with van der Waals surface area (Å²) < 4.78 is 0. The van der Waals surface area contributed by atoms with Crippen molar-refractivity contribution in [1.82, 2.24) is 5.32 Å². The Bertz CT molecular complexity index is 304. The molecule has 3 N–H and O–H groups in total. The lowest BCUT2D eigenvalue weighted by Crippen LogP contribution is -2.33. The molecule has 1 aromatic rings. The topological polar surface area (TPSA) is 38.0 Å². The second kappa shape index (κ2) is 3.89. The Hall–Kier alpha value is -0.570. The molecule has 2 rings (SSSR count). The molecule has 0 atom stereocenters. The summed E-state index contributed by atoms with van der Waals surface area (Å²) in [6.07, 6.45) is 2.41. The number of nitrogens with one attached hydrogen (secondary N) is 1. The zero-order valence-corrected chi connectivity index (χ0v) is 8.85. The molecule has 1 aliphatic rings. The molecule has 0 unspecified atom stereocenters. The van der Waals surface area contributed by atoms with E-state index in [-0.39, 0.29) is 5.54 Å². The van der Waals surface area contributed by atoms with Crippen LogP contribution in [0.5, 0.6) is 0 Å². The highest BCUT2D eigenvalue weighted by atomic mass is 35.5. The molecule has 1 aromatic carbocycles. The standard InChI is InChI=1S/C11H15ClN2/c12-10-3-1-9(2-4-10)11(5-6-11)14-8-7-13/h1-4,14H,5-8,13H2. The van der Waals surface area contributed by atoms with E-state index >= 15 is 0 Å². The quantitative estimate of drug-likeness (QED) is 0.797. The summed E-state index contributed by atoms with van der Waals surface area (Å²) in [4.78, 5) is 0. The van der Waals surface area contributed by atoms with Crippen LogP contribution in [0.25, 0.3) is 0 Å². The maximum Gasteiger partial charge on any atom is 0.0436 e. The Labute approximate surface area is 89.4 Å². The van der Waals surface area contributed by atoms with Gasteiger partial charge in [-0.3, -0.25) is 0 Å². The third kappa shape index (κ3) is 1.92. The summed E-state index contributed by atoms with van der Waals surface area (Å²) in [5.41, 5.74) is 7.01. The molecule has 0 heterocycles. The summed E-state index contributed by atoms with van der Waals surface area (Å²) in [6, 6.07) is 8.08. The van der Waals surface area contributed by atoms with Crippen molar-refractivity contribution in [3.63, 3.8) is 0 Å². The summed E-state index contributed by atoms with van der Waals surface area (Å²) >= 11 is 5.85. The molecule has 14 heavy (non-hydrogen) atoms. The van der Waals surface area contributed by atoms with Gasteiger partial charge in [0, 0.05) is 23.7 Å². The predicted molar refractivity (Wildman–Crippen MR) is 59.4 cm³/mol. The number of nitrogens with two attached hydrogens (primary N) is 1. The molecule has 3 heteroatoms. The van der Waals surface area contributed by atoms with Crippen LogP contribution < -0.4 is 11.1 Å². The van der Waals surface area contributed by atoms with Gasteiger partial charge in [-0.25, -0.2) is 0 Å². The molecule has 1 fully saturated rings. The van der Waals surface area contributed by atoms with Gasteiger partial charge in [-0.2, -0.15) is 0 Å². The molecule has 0 radical (unpaired) electrons. The van der Waals surface area contributed by atoms with Crippen molar-refractivity contribution in [2.45, 2.75) is 18.4 Å². The first-order valence-corrected chi connectivity index (χ1v) is 5.36. The zero-order chi connectivity index (χ0) is 10.0. The number of benzene rings is 1. The first-order valence-electron chi connectivity index (χ1n) is 4.98. The minimum Gasteiger partial charge on any atom is -0.329 e. The molecule has 1 saturated carbocycles. The lowest BCUT2D eigenvalue weighted by Gasteiger charge is -2.17. The van der Waals surface area contributed by atoms with E-state index < -0.39 is 0 Å². The van der Waals surface area contributed by atoms with Crippen molar-refractivity contribution < 1.29 is 0 Å². The Kier molecular flexibility index (Phi) is 2.77. The van der Waals surface area contributed by atoms with Crippen LogP contribution in [-0.4, -0.2) is 13.1 Å². The Balaban J connectivity index is 2.10. The number of hydrogen-bond donors (Lipinski definition) is 2. The van der Waals surface area contributed by atoms with Crippen LogP contribution in [0.4, 0.5) is 0 Å². The van der Waals surface area contributed by atoms with Gasteiger partial charge >= 0.3 is 0 Å². The molecule has 0 amide bonds. The summed E-state index contributed by atoms with van der Waals surface area (Å²) in [6.45, 7) is 1.57. The van der Waals surface area contributed by atoms with E-state index in [1.54, 1.807) is 0 Å². The van der Waals surface area contributed by atoms with E-state index in [9.17, 15) is 0 Å². The van der Waals surface area contributed by atoms with Crippen LogP contribution in [0.2, 0.25) is 5.02 Å². The zero-order valence-electron chi connectivity index (χ0n) is 8.09. The summed E-state index contributed by atoms with van der Waals surface area (Å²) in [5, 5.41) is 4.28. The van der Waals surface area contributed by atoms with Crippen molar-refractivity contribution >= 4 is 11.6 Å². The van der Waals surface area contributed by atoms with Gasteiger partial charge in [0.25, 0.3) is 0 Å². The average Bonchev–Trinajstić information content (AvgIpc) is 2.97. The Morgan fingerprint density at radius 1 is 1.29 bits per heavy atom. The second-order valence-corrected chi connectivity index (χ2v) is 4.24. The monoisotopic (exact) mass is 210 g/mol. The average molecular weight is 211 g/mol. The van der Waals surface area contributed by atoms with Crippen molar-refractivity contribution in [2.24, 2.45) is 5.73 Å². The van der Waals surface area contributed by atoms with Gasteiger partial charge in [0.05, 0.1) is 0 Å². The van der Waals surface area contributed by atoms with Crippen molar-refractivity contribution in [3.8, 4) is 0 Å². The van der Waals surface area contributed by atoms with E-state index in [2.05, 4.69) is 17.4 Å². The number of rotatable bonds is 4. The highest BCUT2D eigenvalue weighted by Gasteiger charge is 2.43. The molecular formula is C11H15ClN2. The summed E-state index contributed by atoms with van der Waals surface area (Å²) in [7, 11) is 0. The van der Waals surface area contributed by atoms with Gasteiger partial charge in [0.1, 0.15) is 0 Å². The Morgan fingerprint density at radius 2 is 1.93 bits per heavy atom. The minimum absolute atomic E-state index is 0.198. The molecule has 1 aliphatic carbocycles. The van der Waals surface area contributed by atoms with Gasteiger partial charge < -0.3 is 11.1 Å². The molecule has 0 aliphatic heterocycles. The molecular weight excluding hydrogens is 196 g/mol. The lowest BCUT2D eigenvalue weighted by molar-refractivity contribution is 0.527. The fraction of sp³-hybridized carbons (Fsp3) is 0.455. The molecule has 0 aromatic heterocycles. The van der Waals surface area contributed by atoms with Gasteiger partial charge in [-0.1, -0.05) is 23.7 Å². The number of hydrogen-bond acceptors (Lipinski definition) is 2. The largest absolute Gasteiger partial charge is 0.329 e. The molecule has 2 nitrogen and oxygen atoms in total. The fourth-order valence-electron chi connectivity index (χ4n) is 1.77. The normalized spacial score (nSPS) is 18.1. The van der Waals surface area contributed by atoms with Crippen molar-refractivity contribution in [2.75, 3.05) is 13.1 Å². The van der Waals surface area contributed by atoms with Crippen LogP contribution in [0, 0.1) is 0 Å². The third-order valence-corrected chi connectivity index (χ3v) is 3.01. The molecule has 0 saturated heterocycles. The van der Waals surface area contributed by atoms with Crippen LogP contribution >= 0.6 is 11.6 Å². The van der Waals surface area contributed by atoms with Crippen LogP contribution in [0.3, 0.4) is 0 Å². The first-order chi connectivity index (χ1) is 6.77. The van der Waals surface area contributed by atoms with Gasteiger partial charge in [0.15, 0.2) is 0 Å². The Morgan fingerprint density at radius 3 is 2.43 bits per heavy atom. The van der Waals surface area contributed by atoms with Crippen LogP contribution in [0.15, 0.2) is 24.3 Å². The van der Waals surface area contributed by atoms with Crippen LogP contribution in [-0.2, 0) is 5.54 Å². The third-order valence-electron chi connectivity index (χ3n) is 2.75. The van der Waals surface area contributed by atoms with E-state index in [4.69, 9.17) is 17.3 Å². The maximum atomic E-state index is 5.85. The molecule has 0 spiro atoms. The fourth-order valence-corrected chi connectivity index (χ4v) is 1.90.